The molecule has 1 aliphatic carbocycles. The highest BCUT2D eigenvalue weighted by Crippen LogP contribution is 2.25. The fourth-order valence-corrected chi connectivity index (χ4v) is 1.33. The zero-order chi connectivity index (χ0) is 8.43. The van der Waals surface area contributed by atoms with E-state index in [0.29, 0.717) is 5.92 Å². The molecule has 0 radical (unpaired) electrons. The fourth-order valence-electron chi connectivity index (χ4n) is 1.33. The van der Waals surface area contributed by atoms with Crippen molar-refractivity contribution in [2.24, 2.45) is 11.7 Å². The zero-order valence-electron chi connectivity index (χ0n) is 7.35. The van der Waals surface area contributed by atoms with Crippen LogP contribution in [0, 0.1) is 5.92 Å². The minimum absolute atomic E-state index is 0.467. The maximum atomic E-state index is 5.75. The Morgan fingerprint density at radius 1 is 1.64 bits per heavy atom. The third-order valence-electron chi connectivity index (χ3n) is 2.12. The lowest BCUT2D eigenvalue weighted by atomic mass is 9.93. The van der Waals surface area contributed by atoms with Crippen LogP contribution in [0.4, 0.5) is 0 Å². The smallest absolute Gasteiger partial charge is 0.119 e. The highest BCUT2D eigenvalue weighted by atomic mass is 16.5. The Morgan fingerprint density at radius 3 is 2.82 bits per heavy atom. The van der Waals surface area contributed by atoms with Crippen LogP contribution in [0.2, 0.25) is 0 Å². The van der Waals surface area contributed by atoms with Crippen LogP contribution in [-0.2, 0) is 4.74 Å². The zero-order valence-corrected chi connectivity index (χ0v) is 7.35. The van der Waals surface area contributed by atoms with Crippen LogP contribution in [0.25, 0.3) is 0 Å². The van der Waals surface area contributed by atoms with Crippen molar-refractivity contribution in [1.29, 1.82) is 0 Å². The molecular weight excluding hydrogens is 138 g/mol. The fraction of sp³-hybridized carbons (Fsp3) is 0.556. The molecule has 0 bridgehead atoms. The summed E-state index contributed by atoms with van der Waals surface area (Å²) in [5.41, 5.74) is 7.96. The summed E-state index contributed by atoms with van der Waals surface area (Å²) in [6.45, 7) is 4.21. The molecule has 2 heteroatoms. The summed E-state index contributed by atoms with van der Waals surface area (Å²) in [5.74, 6) is 1.40. The van der Waals surface area contributed by atoms with E-state index in [2.05, 4.69) is 13.8 Å². The Morgan fingerprint density at radius 2 is 2.27 bits per heavy atom. The Hall–Kier alpha value is -0.920. The first-order chi connectivity index (χ1) is 5.15. The first kappa shape index (κ1) is 8.18. The van der Waals surface area contributed by atoms with Crippen molar-refractivity contribution in [2.75, 3.05) is 7.11 Å². The molecule has 0 aromatic heterocycles. The third-order valence-corrected chi connectivity index (χ3v) is 2.12. The van der Waals surface area contributed by atoms with Crippen LogP contribution in [0.3, 0.4) is 0 Å². The first-order valence-electron chi connectivity index (χ1n) is 3.86. The van der Waals surface area contributed by atoms with Gasteiger partial charge in [0.1, 0.15) is 5.76 Å². The summed E-state index contributed by atoms with van der Waals surface area (Å²) in [6.07, 6.45) is 2.94. The Bertz CT molecular complexity index is 216. The molecule has 0 aromatic carbocycles. The minimum atomic E-state index is 0.467. The highest BCUT2D eigenvalue weighted by Gasteiger charge is 2.14. The number of hydrogen-bond acceptors (Lipinski definition) is 2. The van der Waals surface area contributed by atoms with Gasteiger partial charge in [0, 0.05) is 5.70 Å². The van der Waals surface area contributed by atoms with Gasteiger partial charge in [-0.15, -0.1) is 0 Å². The summed E-state index contributed by atoms with van der Waals surface area (Å²) >= 11 is 0. The van der Waals surface area contributed by atoms with Gasteiger partial charge in [0.15, 0.2) is 0 Å². The minimum Gasteiger partial charge on any atom is -0.497 e. The van der Waals surface area contributed by atoms with E-state index in [1.165, 1.54) is 5.57 Å². The summed E-state index contributed by atoms with van der Waals surface area (Å²) < 4.78 is 5.15. The average Bonchev–Trinajstić information content (AvgIpc) is 1.97. The molecule has 1 rings (SSSR count). The van der Waals surface area contributed by atoms with Crippen LogP contribution in [0.5, 0.6) is 0 Å². The molecule has 0 spiro atoms. The molecule has 0 amide bonds. The lowest BCUT2D eigenvalue weighted by Gasteiger charge is -2.20. The van der Waals surface area contributed by atoms with Gasteiger partial charge < -0.3 is 10.5 Å². The Balaban J connectivity index is 2.87. The van der Waals surface area contributed by atoms with E-state index in [-0.39, 0.29) is 0 Å². The van der Waals surface area contributed by atoms with E-state index in [9.17, 15) is 0 Å². The van der Waals surface area contributed by atoms with Gasteiger partial charge >= 0.3 is 0 Å². The molecule has 0 fully saturated rings. The highest BCUT2D eigenvalue weighted by molar-refractivity contribution is 5.28. The summed E-state index contributed by atoms with van der Waals surface area (Å²) in [5, 5.41) is 0. The van der Waals surface area contributed by atoms with Gasteiger partial charge in [-0.1, -0.05) is 6.92 Å². The largest absolute Gasteiger partial charge is 0.497 e. The second kappa shape index (κ2) is 2.99. The molecule has 11 heavy (non-hydrogen) atoms. The SMILES string of the molecule is COC1=C(C)CC(C)C(N)=C1. The molecule has 0 saturated heterocycles. The van der Waals surface area contributed by atoms with E-state index < -0.39 is 0 Å². The number of allylic oxidation sites excluding steroid dienone is 3. The van der Waals surface area contributed by atoms with E-state index in [0.717, 1.165) is 17.9 Å². The van der Waals surface area contributed by atoms with Gasteiger partial charge in [0.25, 0.3) is 0 Å². The Kier molecular flexibility index (Phi) is 2.22. The lowest BCUT2D eigenvalue weighted by Crippen LogP contribution is -2.14. The number of nitrogens with two attached hydrogens (primary N) is 1. The second-order valence-electron chi connectivity index (χ2n) is 3.10. The molecule has 62 valence electrons. The van der Waals surface area contributed by atoms with Crippen LogP contribution in [-0.4, -0.2) is 7.11 Å². The number of hydrogen-bond donors (Lipinski definition) is 1. The molecule has 1 unspecified atom stereocenters. The summed E-state index contributed by atoms with van der Waals surface area (Å²) in [6, 6.07) is 0. The summed E-state index contributed by atoms with van der Waals surface area (Å²) in [4.78, 5) is 0. The van der Waals surface area contributed by atoms with Gasteiger partial charge in [-0.05, 0) is 30.9 Å². The van der Waals surface area contributed by atoms with E-state index in [1.54, 1.807) is 7.11 Å². The predicted molar refractivity (Wildman–Crippen MR) is 45.8 cm³/mol. The van der Waals surface area contributed by atoms with Crippen molar-refractivity contribution in [2.45, 2.75) is 20.3 Å². The number of methoxy groups -OCH3 is 1. The molecule has 1 atom stereocenters. The monoisotopic (exact) mass is 153 g/mol. The van der Waals surface area contributed by atoms with Crippen molar-refractivity contribution in [1.82, 2.24) is 0 Å². The van der Waals surface area contributed by atoms with Gasteiger partial charge in [-0.3, -0.25) is 0 Å². The molecular formula is C9H15NO. The number of ether oxygens (including phenoxy) is 1. The molecule has 0 heterocycles. The van der Waals surface area contributed by atoms with E-state index >= 15 is 0 Å². The second-order valence-corrected chi connectivity index (χ2v) is 3.10. The van der Waals surface area contributed by atoms with Crippen molar-refractivity contribution >= 4 is 0 Å². The average molecular weight is 153 g/mol. The van der Waals surface area contributed by atoms with Crippen LogP contribution < -0.4 is 5.73 Å². The van der Waals surface area contributed by atoms with Crippen LogP contribution >= 0.6 is 0 Å². The van der Waals surface area contributed by atoms with Gasteiger partial charge in [-0.2, -0.15) is 0 Å². The normalized spacial score (nSPS) is 25.0. The van der Waals surface area contributed by atoms with Crippen molar-refractivity contribution < 1.29 is 4.74 Å². The third kappa shape index (κ3) is 1.56. The molecule has 0 aromatic rings. The number of rotatable bonds is 1. The topological polar surface area (TPSA) is 35.2 Å². The molecule has 0 aliphatic heterocycles. The quantitative estimate of drug-likeness (QED) is 0.623. The van der Waals surface area contributed by atoms with Crippen molar-refractivity contribution in [3.05, 3.63) is 23.1 Å². The van der Waals surface area contributed by atoms with E-state index in [4.69, 9.17) is 10.5 Å². The van der Waals surface area contributed by atoms with Crippen LogP contribution in [0.15, 0.2) is 23.1 Å². The van der Waals surface area contributed by atoms with Gasteiger partial charge in [0.2, 0.25) is 0 Å². The predicted octanol–water partition coefficient (Wildman–Crippen LogP) is 1.79. The van der Waals surface area contributed by atoms with Gasteiger partial charge in [0.05, 0.1) is 7.11 Å². The molecule has 2 nitrogen and oxygen atoms in total. The summed E-state index contributed by atoms with van der Waals surface area (Å²) in [7, 11) is 1.68. The van der Waals surface area contributed by atoms with Crippen molar-refractivity contribution in [3.63, 3.8) is 0 Å². The standard InChI is InChI=1S/C9H15NO/c1-6-4-7(2)9(11-3)5-8(6)10/h5-6H,4,10H2,1-3H3. The van der Waals surface area contributed by atoms with Crippen molar-refractivity contribution in [3.8, 4) is 0 Å². The molecule has 1 aliphatic rings. The van der Waals surface area contributed by atoms with E-state index in [1.807, 2.05) is 6.08 Å². The maximum Gasteiger partial charge on any atom is 0.119 e. The first-order valence-corrected chi connectivity index (χ1v) is 3.86. The van der Waals surface area contributed by atoms with Crippen LogP contribution in [0.1, 0.15) is 20.3 Å². The molecule has 2 N–H and O–H groups in total. The van der Waals surface area contributed by atoms with Gasteiger partial charge in [-0.25, -0.2) is 0 Å². The lowest BCUT2D eigenvalue weighted by molar-refractivity contribution is 0.295. The maximum absolute atomic E-state index is 5.75. The molecule has 0 saturated carbocycles. The Labute approximate surface area is 67.7 Å².